The van der Waals surface area contributed by atoms with Gasteiger partial charge in [0.2, 0.25) is 0 Å². The van der Waals surface area contributed by atoms with Gasteiger partial charge < -0.3 is 40.9 Å². The Morgan fingerprint density at radius 1 is 0.333 bits per heavy atom. The van der Waals surface area contributed by atoms with Crippen molar-refractivity contribution in [2.24, 2.45) is 23.7 Å². The van der Waals surface area contributed by atoms with E-state index in [1.165, 1.54) is 0 Å². The van der Waals surface area contributed by atoms with E-state index in [2.05, 4.69) is 27.7 Å². The Morgan fingerprint density at radius 2 is 0.489 bits per heavy atom. The SMILES string of the molecule is CCCCC(O)C(CC)CO.CCCCC(O)C(CC)CO.CCCCC(O)C(CC)CO.CCCCC(O)C(CC)CO.[Ti]. The van der Waals surface area contributed by atoms with Gasteiger partial charge in [0.05, 0.1) is 24.4 Å². The molecule has 0 aliphatic rings. The zero-order chi connectivity index (χ0) is 34.8. The van der Waals surface area contributed by atoms with E-state index in [-0.39, 0.29) is 96.2 Å². The van der Waals surface area contributed by atoms with Crippen LogP contribution in [-0.4, -0.2) is 91.7 Å². The molecule has 0 rings (SSSR count). The molecule has 8 N–H and O–H groups in total. The molecule has 276 valence electrons. The molecule has 0 fully saturated rings. The second-order valence-electron chi connectivity index (χ2n) is 12.2. The van der Waals surface area contributed by atoms with Gasteiger partial charge in [-0.15, -0.1) is 0 Å². The number of hydrogen-bond acceptors (Lipinski definition) is 8. The molecule has 0 spiro atoms. The Hall–Kier alpha value is 0.394. The first-order valence-electron chi connectivity index (χ1n) is 18.2. The summed E-state index contributed by atoms with van der Waals surface area (Å²) in [6, 6.07) is 0. The maximum Gasteiger partial charge on any atom is 0.0590 e. The molecular weight excluding hydrogens is 608 g/mol. The van der Waals surface area contributed by atoms with Crippen LogP contribution in [0.15, 0.2) is 0 Å². The average molecular weight is 689 g/mol. The molecule has 0 aromatic carbocycles. The molecule has 8 nitrogen and oxygen atoms in total. The quantitative estimate of drug-likeness (QED) is 0.0555. The molecule has 0 aromatic rings. The Bertz CT molecular complexity index is 413. The monoisotopic (exact) mass is 689 g/mol. The molecule has 0 radical (unpaired) electrons. The zero-order valence-corrected chi connectivity index (χ0v) is 32.4. The third-order valence-corrected chi connectivity index (χ3v) is 8.63. The fourth-order valence-corrected chi connectivity index (χ4v) is 4.69. The van der Waals surface area contributed by atoms with E-state index in [9.17, 15) is 20.4 Å². The Morgan fingerprint density at radius 3 is 0.578 bits per heavy atom. The number of aliphatic hydroxyl groups excluding tert-OH is 8. The van der Waals surface area contributed by atoms with Gasteiger partial charge in [-0.2, -0.15) is 0 Å². The topological polar surface area (TPSA) is 162 Å². The van der Waals surface area contributed by atoms with Gasteiger partial charge in [0, 0.05) is 71.8 Å². The molecule has 0 amide bonds. The van der Waals surface area contributed by atoms with Crippen LogP contribution in [0, 0.1) is 23.7 Å². The summed E-state index contributed by atoms with van der Waals surface area (Å²) in [5, 5.41) is 73.3. The predicted octanol–water partition coefficient (Wildman–Crippen LogP) is 6.22. The van der Waals surface area contributed by atoms with Gasteiger partial charge in [0.15, 0.2) is 0 Å². The summed E-state index contributed by atoms with van der Waals surface area (Å²) < 4.78 is 0. The number of aliphatic hydroxyl groups is 8. The van der Waals surface area contributed by atoms with Crippen molar-refractivity contribution in [3.8, 4) is 0 Å². The van der Waals surface area contributed by atoms with Crippen LogP contribution in [0.2, 0.25) is 0 Å². The molecular formula is C36H80O8Ti. The Balaban J connectivity index is -0.000000157. The van der Waals surface area contributed by atoms with Crippen LogP contribution in [0.4, 0.5) is 0 Å². The minimum absolute atomic E-state index is 0. The van der Waals surface area contributed by atoms with Crippen molar-refractivity contribution < 1.29 is 62.6 Å². The van der Waals surface area contributed by atoms with Gasteiger partial charge in [-0.1, -0.05) is 107 Å². The van der Waals surface area contributed by atoms with Crippen molar-refractivity contribution in [3.63, 3.8) is 0 Å². The van der Waals surface area contributed by atoms with Crippen molar-refractivity contribution in [2.75, 3.05) is 26.4 Å². The maximum atomic E-state index is 9.48. The van der Waals surface area contributed by atoms with Crippen LogP contribution in [-0.2, 0) is 21.7 Å². The fourth-order valence-electron chi connectivity index (χ4n) is 4.69. The number of rotatable bonds is 24. The van der Waals surface area contributed by atoms with Crippen LogP contribution >= 0.6 is 0 Å². The Labute approximate surface area is 294 Å². The second-order valence-corrected chi connectivity index (χ2v) is 12.2. The summed E-state index contributed by atoms with van der Waals surface area (Å²) in [6.45, 7) is 16.8. The predicted molar refractivity (Wildman–Crippen MR) is 186 cm³/mol. The molecule has 8 atom stereocenters. The van der Waals surface area contributed by atoms with Gasteiger partial charge in [-0.05, 0) is 51.4 Å². The first-order valence-corrected chi connectivity index (χ1v) is 18.2. The van der Waals surface area contributed by atoms with E-state index in [4.69, 9.17) is 20.4 Å². The van der Waals surface area contributed by atoms with Crippen molar-refractivity contribution >= 4 is 0 Å². The summed E-state index contributed by atoms with van der Waals surface area (Å²) in [6.07, 6.45) is 14.2. The smallest absolute Gasteiger partial charge is 0.0590 e. The standard InChI is InChI=1S/4C9H20O2.Ti/c4*1-3-5-6-9(11)8(4-2)7-10;/h4*8-11H,3-7H2,1-2H3;. The molecule has 45 heavy (non-hydrogen) atoms. The third-order valence-electron chi connectivity index (χ3n) is 8.63. The first-order chi connectivity index (χ1) is 21.0. The van der Waals surface area contributed by atoms with Crippen LogP contribution in [0.3, 0.4) is 0 Å². The maximum absolute atomic E-state index is 9.48. The van der Waals surface area contributed by atoms with Gasteiger partial charge in [0.25, 0.3) is 0 Å². The van der Waals surface area contributed by atoms with Crippen molar-refractivity contribution in [1.82, 2.24) is 0 Å². The molecule has 0 aliphatic heterocycles. The van der Waals surface area contributed by atoms with E-state index in [0.29, 0.717) is 0 Å². The normalized spacial score (nSPS) is 16.0. The van der Waals surface area contributed by atoms with Crippen molar-refractivity contribution in [3.05, 3.63) is 0 Å². The molecule has 0 aromatic heterocycles. The second kappa shape index (κ2) is 42.4. The van der Waals surface area contributed by atoms with Crippen LogP contribution in [0.25, 0.3) is 0 Å². The molecule has 0 saturated carbocycles. The molecule has 9 heteroatoms. The minimum Gasteiger partial charge on any atom is -0.396 e. The third kappa shape index (κ3) is 34.1. The van der Waals surface area contributed by atoms with Crippen LogP contribution < -0.4 is 0 Å². The van der Waals surface area contributed by atoms with Gasteiger partial charge in [-0.3, -0.25) is 0 Å². The molecule has 0 saturated heterocycles. The summed E-state index contributed by atoms with van der Waals surface area (Å²) in [7, 11) is 0. The minimum atomic E-state index is -0.301. The summed E-state index contributed by atoms with van der Waals surface area (Å²) >= 11 is 0. The van der Waals surface area contributed by atoms with Crippen LogP contribution in [0.5, 0.6) is 0 Å². The first kappa shape index (κ1) is 54.8. The fraction of sp³-hybridized carbons (Fsp3) is 1.00. The number of hydrogen-bond donors (Lipinski definition) is 8. The summed E-state index contributed by atoms with van der Waals surface area (Å²) in [5.41, 5.74) is 0. The zero-order valence-electron chi connectivity index (χ0n) is 30.8. The van der Waals surface area contributed by atoms with E-state index >= 15 is 0 Å². The van der Waals surface area contributed by atoms with E-state index in [1.807, 2.05) is 27.7 Å². The van der Waals surface area contributed by atoms with Gasteiger partial charge in [0.1, 0.15) is 0 Å². The number of unbranched alkanes of at least 4 members (excludes halogenated alkanes) is 4. The van der Waals surface area contributed by atoms with Gasteiger partial charge in [-0.25, -0.2) is 0 Å². The van der Waals surface area contributed by atoms with Crippen molar-refractivity contribution in [1.29, 1.82) is 0 Å². The molecule has 0 aliphatic carbocycles. The summed E-state index contributed by atoms with van der Waals surface area (Å²) in [5.74, 6) is 0.339. The molecule has 8 unspecified atom stereocenters. The average Bonchev–Trinajstić information content (AvgIpc) is 3.04. The van der Waals surface area contributed by atoms with Gasteiger partial charge >= 0.3 is 0 Å². The van der Waals surface area contributed by atoms with E-state index < -0.39 is 0 Å². The molecule has 0 heterocycles. The van der Waals surface area contributed by atoms with Crippen LogP contribution in [0.1, 0.15) is 158 Å². The summed E-state index contributed by atoms with van der Waals surface area (Å²) in [4.78, 5) is 0. The largest absolute Gasteiger partial charge is 0.396 e. The van der Waals surface area contributed by atoms with E-state index in [1.54, 1.807) is 0 Å². The molecule has 0 bridgehead atoms. The van der Waals surface area contributed by atoms with E-state index in [0.717, 1.165) is 103 Å². The Kier molecular flexibility index (Phi) is 51.7. The van der Waals surface area contributed by atoms with Crippen molar-refractivity contribution in [2.45, 2.75) is 183 Å².